The molecule has 0 saturated heterocycles. The van der Waals surface area contributed by atoms with E-state index in [1.165, 1.54) is 0 Å². The quantitative estimate of drug-likeness (QED) is 0.705. The Bertz CT molecular complexity index is 288. The highest BCUT2D eigenvalue weighted by Crippen LogP contribution is 2.07. The van der Waals surface area contributed by atoms with Crippen molar-refractivity contribution < 1.29 is 5.11 Å². The van der Waals surface area contributed by atoms with Gasteiger partial charge in [0.2, 0.25) is 0 Å². The average Bonchev–Trinajstić information content (AvgIpc) is 2.15. The Kier molecular flexibility index (Phi) is 3.33. The van der Waals surface area contributed by atoms with Crippen molar-refractivity contribution in [2.45, 2.75) is 26.3 Å². The van der Waals surface area contributed by atoms with Crippen LogP contribution in [0.1, 0.15) is 30.2 Å². The molecular weight excluding hydrogens is 166 g/mol. The second-order valence-corrected chi connectivity index (χ2v) is 3.00. The van der Waals surface area contributed by atoms with Crippen molar-refractivity contribution in [3.05, 3.63) is 23.3 Å². The van der Waals surface area contributed by atoms with Crippen LogP contribution in [0, 0.1) is 6.92 Å². The summed E-state index contributed by atoms with van der Waals surface area (Å²) in [4.78, 5) is 8.38. The lowest BCUT2D eigenvalue weighted by atomic mass is 10.2. The molecular formula is C9H15N3O. The third-order valence-electron chi connectivity index (χ3n) is 1.82. The fourth-order valence-corrected chi connectivity index (χ4v) is 1.09. The summed E-state index contributed by atoms with van der Waals surface area (Å²) in [7, 11) is 0. The number of hydrogen-bond donors (Lipinski definition) is 2. The van der Waals surface area contributed by atoms with Crippen LogP contribution in [0.25, 0.3) is 0 Å². The molecule has 1 aromatic heterocycles. The lowest BCUT2D eigenvalue weighted by Crippen LogP contribution is -2.18. The standard InChI is InChI=1S/C9H15N3O/c1-3-7-4-6(2)11-9(12-7)8(10)5-13/h4,8,13H,3,5,10H2,1-2H3. The topological polar surface area (TPSA) is 72.0 Å². The summed E-state index contributed by atoms with van der Waals surface area (Å²) in [6.45, 7) is 3.80. The molecule has 3 N–H and O–H groups in total. The zero-order valence-electron chi connectivity index (χ0n) is 7.99. The van der Waals surface area contributed by atoms with Gasteiger partial charge in [0.25, 0.3) is 0 Å². The molecule has 1 aromatic rings. The number of aliphatic hydroxyl groups excluding tert-OH is 1. The predicted octanol–water partition coefficient (Wildman–Crippen LogP) is 0.340. The number of aromatic nitrogens is 2. The Hall–Kier alpha value is -1.00. The SMILES string of the molecule is CCc1cc(C)nc(C(N)CO)n1. The highest BCUT2D eigenvalue weighted by atomic mass is 16.3. The lowest BCUT2D eigenvalue weighted by molar-refractivity contribution is 0.263. The van der Waals surface area contributed by atoms with E-state index in [1.54, 1.807) is 0 Å². The molecule has 72 valence electrons. The molecule has 0 bridgehead atoms. The summed E-state index contributed by atoms with van der Waals surface area (Å²) in [5, 5.41) is 8.84. The minimum Gasteiger partial charge on any atom is -0.394 e. The third kappa shape index (κ3) is 2.47. The molecule has 0 aromatic carbocycles. The van der Waals surface area contributed by atoms with Crippen molar-refractivity contribution in [2.24, 2.45) is 5.73 Å². The van der Waals surface area contributed by atoms with E-state index >= 15 is 0 Å². The second kappa shape index (κ2) is 4.30. The van der Waals surface area contributed by atoms with E-state index < -0.39 is 6.04 Å². The predicted molar refractivity (Wildman–Crippen MR) is 50.2 cm³/mol. The van der Waals surface area contributed by atoms with Gasteiger partial charge in [-0.1, -0.05) is 6.92 Å². The molecule has 4 nitrogen and oxygen atoms in total. The molecule has 1 heterocycles. The molecule has 0 aliphatic rings. The Morgan fingerprint density at radius 2 is 2.23 bits per heavy atom. The minimum atomic E-state index is -0.467. The number of hydrogen-bond acceptors (Lipinski definition) is 4. The van der Waals surface area contributed by atoms with Crippen LogP contribution in [0.5, 0.6) is 0 Å². The monoisotopic (exact) mass is 181 g/mol. The van der Waals surface area contributed by atoms with Gasteiger partial charge in [0.05, 0.1) is 12.6 Å². The molecule has 4 heteroatoms. The molecule has 0 spiro atoms. The van der Waals surface area contributed by atoms with Crippen LogP contribution in [0.3, 0.4) is 0 Å². The molecule has 0 radical (unpaired) electrons. The average molecular weight is 181 g/mol. The first-order valence-corrected chi connectivity index (χ1v) is 4.38. The van der Waals surface area contributed by atoms with Gasteiger partial charge >= 0.3 is 0 Å². The lowest BCUT2D eigenvalue weighted by Gasteiger charge is -2.08. The smallest absolute Gasteiger partial charge is 0.147 e. The Morgan fingerprint density at radius 1 is 1.54 bits per heavy atom. The van der Waals surface area contributed by atoms with E-state index in [1.807, 2.05) is 19.9 Å². The Morgan fingerprint density at radius 3 is 2.77 bits per heavy atom. The Labute approximate surface area is 77.8 Å². The molecule has 0 saturated carbocycles. The zero-order chi connectivity index (χ0) is 9.84. The van der Waals surface area contributed by atoms with Gasteiger partial charge in [0, 0.05) is 11.4 Å². The van der Waals surface area contributed by atoms with Gasteiger partial charge in [-0.3, -0.25) is 0 Å². The van der Waals surface area contributed by atoms with Crippen LogP contribution in [-0.2, 0) is 6.42 Å². The van der Waals surface area contributed by atoms with E-state index in [9.17, 15) is 0 Å². The van der Waals surface area contributed by atoms with E-state index in [4.69, 9.17) is 10.8 Å². The van der Waals surface area contributed by atoms with Gasteiger partial charge in [-0.25, -0.2) is 9.97 Å². The molecule has 0 aliphatic carbocycles. The van der Waals surface area contributed by atoms with Gasteiger partial charge in [0.1, 0.15) is 5.82 Å². The highest BCUT2D eigenvalue weighted by Gasteiger charge is 2.08. The van der Waals surface area contributed by atoms with E-state index in [0.717, 1.165) is 17.8 Å². The summed E-state index contributed by atoms with van der Waals surface area (Å²) >= 11 is 0. The number of aliphatic hydroxyl groups is 1. The summed E-state index contributed by atoms with van der Waals surface area (Å²) in [5.41, 5.74) is 7.47. The maximum Gasteiger partial charge on any atom is 0.147 e. The number of nitrogens with zero attached hydrogens (tertiary/aromatic N) is 2. The molecule has 0 amide bonds. The van der Waals surface area contributed by atoms with Gasteiger partial charge < -0.3 is 10.8 Å². The van der Waals surface area contributed by atoms with Crippen molar-refractivity contribution in [3.63, 3.8) is 0 Å². The fourth-order valence-electron chi connectivity index (χ4n) is 1.09. The maximum atomic E-state index is 8.84. The normalized spacial score (nSPS) is 12.9. The van der Waals surface area contributed by atoms with Crippen molar-refractivity contribution in [1.82, 2.24) is 9.97 Å². The van der Waals surface area contributed by atoms with E-state index in [2.05, 4.69) is 9.97 Å². The van der Waals surface area contributed by atoms with Gasteiger partial charge in [-0.15, -0.1) is 0 Å². The van der Waals surface area contributed by atoms with Crippen LogP contribution in [0.15, 0.2) is 6.07 Å². The summed E-state index contributed by atoms with van der Waals surface area (Å²) in [6, 6.07) is 1.46. The highest BCUT2D eigenvalue weighted by molar-refractivity contribution is 5.11. The first-order chi connectivity index (χ1) is 6.17. The molecule has 1 rings (SSSR count). The van der Waals surface area contributed by atoms with Crippen molar-refractivity contribution in [3.8, 4) is 0 Å². The van der Waals surface area contributed by atoms with Crippen molar-refractivity contribution in [1.29, 1.82) is 0 Å². The minimum absolute atomic E-state index is 0.118. The van der Waals surface area contributed by atoms with Crippen molar-refractivity contribution in [2.75, 3.05) is 6.61 Å². The number of nitrogens with two attached hydrogens (primary N) is 1. The molecule has 1 unspecified atom stereocenters. The van der Waals surface area contributed by atoms with Crippen LogP contribution >= 0.6 is 0 Å². The third-order valence-corrected chi connectivity index (χ3v) is 1.82. The first kappa shape index (κ1) is 10.1. The molecule has 0 fully saturated rings. The largest absolute Gasteiger partial charge is 0.394 e. The van der Waals surface area contributed by atoms with Crippen molar-refractivity contribution >= 4 is 0 Å². The molecule has 13 heavy (non-hydrogen) atoms. The first-order valence-electron chi connectivity index (χ1n) is 4.38. The zero-order valence-corrected chi connectivity index (χ0v) is 7.99. The maximum absolute atomic E-state index is 8.84. The summed E-state index contributed by atoms with van der Waals surface area (Å²) in [5.74, 6) is 0.527. The summed E-state index contributed by atoms with van der Waals surface area (Å²) in [6.07, 6.45) is 0.856. The van der Waals surface area contributed by atoms with Crippen LogP contribution in [0.4, 0.5) is 0 Å². The van der Waals surface area contributed by atoms with Crippen LogP contribution in [-0.4, -0.2) is 21.7 Å². The number of aryl methyl sites for hydroxylation is 2. The summed E-state index contributed by atoms with van der Waals surface area (Å²) < 4.78 is 0. The van der Waals surface area contributed by atoms with Crippen LogP contribution in [0.2, 0.25) is 0 Å². The second-order valence-electron chi connectivity index (χ2n) is 3.00. The van der Waals surface area contributed by atoms with Gasteiger partial charge in [-0.2, -0.15) is 0 Å². The van der Waals surface area contributed by atoms with E-state index in [-0.39, 0.29) is 6.61 Å². The fraction of sp³-hybridized carbons (Fsp3) is 0.556. The van der Waals surface area contributed by atoms with E-state index in [0.29, 0.717) is 5.82 Å². The Balaban J connectivity index is 3.01. The number of rotatable bonds is 3. The molecule has 1 atom stereocenters. The van der Waals surface area contributed by atoms with Gasteiger partial charge in [-0.05, 0) is 19.4 Å². The molecule has 0 aliphatic heterocycles. The van der Waals surface area contributed by atoms with Gasteiger partial charge in [0.15, 0.2) is 0 Å². The van der Waals surface area contributed by atoms with Crippen LogP contribution < -0.4 is 5.73 Å².